The third-order valence-corrected chi connectivity index (χ3v) is 5.46. The summed E-state index contributed by atoms with van der Waals surface area (Å²) in [6.45, 7) is 2.81. The first kappa shape index (κ1) is 18.5. The maximum Gasteiger partial charge on any atom is 0.278 e. The molecule has 0 radical (unpaired) electrons. The number of likely N-dealkylation sites (N-methyl/N-ethyl adjacent to an activating group) is 1. The molecule has 3 atom stereocenters. The fraction of sp³-hybridized carbons (Fsp3) is 0.409. The van der Waals surface area contributed by atoms with Gasteiger partial charge in [0, 0.05) is 5.56 Å². The molecule has 0 aromatic heterocycles. The summed E-state index contributed by atoms with van der Waals surface area (Å²) >= 11 is 0. The van der Waals surface area contributed by atoms with E-state index in [1.165, 1.54) is 21.6 Å². The molecule has 2 aromatic carbocycles. The van der Waals surface area contributed by atoms with E-state index in [4.69, 9.17) is 4.74 Å². The summed E-state index contributed by atoms with van der Waals surface area (Å²) in [5.41, 5.74) is 3.86. The van der Waals surface area contributed by atoms with E-state index in [0.717, 1.165) is 31.6 Å². The number of quaternary nitrogens is 1. The molecule has 26 heavy (non-hydrogen) atoms. The molecule has 0 saturated carbocycles. The summed E-state index contributed by atoms with van der Waals surface area (Å²) < 4.78 is 5.20. The average molecular weight is 353 g/mol. The molecule has 4 heteroatoms. The summed E-state index contributed by atoms with van der Waals surface area (Å²) in [7, 11) is 3.74. The molecule has 1 aliphatic rings. The number of nitrogens with one attached hydrogen (secondary N) is 2. The van der Waals surface area contributed by atoms with Crippen LogP contribution in [0.4, 0.5) is 0 Å². The second-order valence-electron chi connectivity index (χ2n) is 7.25. The van der Waals surface area contributed by atoms with E-state index in [2.05, 4.69) is 48.8 Å². The van der Waals surface area contributed by atoms with Crippen molar-refractivity contribution >= 4 is 5.91 Å². The van der Waals surface area contributed by atoms with E-state index < -0.39 is 0 Å². The highest BCUT2D eigenvalue weighted by molar-refractivity contribution is 5.80. The predicted molar refractivity (Wildman–Crippen MR) is 103 cm³/mol. The first-order valence-electron chi connectivity index (χ1n) is 9.42. The van der Waals surface area contributed by atoms with E-state index in [1.807, 2.05) is 19.1 Å². The lowest BCUT2D eigenvalue weighted by Gasteiger charge is -2.28. The van der Waals surface area contributed by atoms with Gasteiger partial charge in [0.15, 0.2) is 6.04 Å². The molecule has 3 rings (SSSR count). The lowest BCUT2D eigenvalue weighted by molar-refractivity contribution is -0.908. The third-order valence-electron chi connectivity index (χ3n) is 5.46. The number of rotatable bonds is 6. The lowest BCUT2D eigenvalue weighted by Crippen LogP contribution is -3.12. The second-order valence-corrected chi connectivity index (χ2v) is 7.25. The zero-order valence-electron chi connectivity index (χ0n) is 15.9. The van der Waals surface area contributed by atoms with Gasteiger partial charge in [-0.25, -0.2) is 0 Å². The number of hydrogen-bond donors (Lipinski definition) is 2. The fourth-order valence-corrected chi connectivity index (χ4v) is 3.64. The van der Waals surface area contributed by atoms with Crippen LogP contribution in [0.1, 0.15) is 42.5 Å². The number of aryl methyl sites for hydroxylation is 1. The van der Waals surface area contributed by atoms with Gasteiger partial charge in [-0.15, -0.1) is 0 Å². The molecular weight excluding hydrogens is 324 g/mol. The van der Waals surface area contributed by atoms with Gasteiger partial charge >= 0.3 is 0 Å². The number of carbonyl (C=O) groups is 1. The van der Waals surface area contributed by atoms with Crippen LogP contribution in [0.15, 0.2) is 48.5 Å². The minimum Gasteiger partial charge on any atom is -0.497 e. The summed E-state index contributed by atoms with van der Waals surface area (Å²) in [5, 5.41) is 3.28. The third kappa shape index (κ3) is 4.25. The normalized spacial score (nSPS) is 18.5. The van der Waals surface area contributed by atoms with Crippen molar-refractivity contribution in [2.45, 2.75) is 44.8 Å². The highest BCUT2D eigenvalue weighted by Crippen LogP contribution is 2.29. The van der Waals surface area contributed by atoms with Crippen LogP contribution in [0, 0.1) is 0 Å². The standard InChI is InChI=1S/C22H28N2O2/c1-16(24(2)15-17-11-13-19(26-3)14-12-17)22(25)23-21-10-6-8-18-7-4-5-9-20(18)21/h4-5,7,9,11-14,16,21H,6,8,10,15H2,1-3H3,(H,23,25)/p+1/t16-,21-/m0/s1. The first-order chi connectivity index (χ1) is 12.6. The van der Waals surface area contributed by atoms with Gasteiger partial charge in [0.1, 0.15) is 12.3 Å². The minimum absolute atomic E-state index is 0.105. The van der Waals surface area contributed by atoms with Gasteiger partial charge in [-0.3, -0.25) is 4.79 Å². The molecule has 0 heterocycles. The van der Waals surface area contributed by atoms with Gasteiger partial charge in [0.05, 0.1) is 20.2 Å². The van der Waals surface area contributed by atoms with Crippen molar-refractivity contribution in [1.29, 1.82) is 0 Å². The molecule has 1 unspecified atom stereocenters. The summed E-state index contributed by atoms with van der Waals surface area (Å²) in [5.74, 6) is 0.978. The van der Waals surface area contributed by atoms with E-state index in [9.17, 15) is 4.79 Å². The van der Waals surface area contributed by atoms with Gasteiger partial charge in [-0.05, 0) is 61.6 Å². The SMILES string of the molecule is COc1ccc(C[NH+](C)[C@@H](C)C(=O)N[C@H]2CCCc3ccccc32)cc1. The number of carbonyl (C=O) groups excluding carboxylic acids is 1. The van der Waals surface area contributed by atoms with Crippen LogP contribution in [-0.2, 0) is 17.8 Å². The van der Waals surface area contributed by atoms with Crippen molar-refractivity contribution in [3.8, 4) is 5.75 Å². The van der Waals surface area contributed by atoms with Crippen molar-refractivity contribution in [2.24, 2.45) is 0 Å². The van der Waals surface area contributed by atoms with Crippen molar-refractivity contribution < 1.29 is 14.4 Å². The van der Waals surface area contributed by atoms with Crippen LogP contribution in [0.5, 0.6) is 5.75 Å². The fourth-order valence-electron chi connectivity index (χ4n) is 3.64. The Morgan fingerprint density at radius 2 is 1.96 bits per heavy atom. The van der Waals surface area contributed by atoms with Gasteiger partial charge in [-0.1, -0.05) is 24.3 Å². The lowest BCUT2D eigenvalue weighted by atomic mass is 9.87. The van der Waals surface area contributed by atoms with E-state index in [-0.39, 0.29) is 18.0 Å². The van der Waals surface area contributed by atoms with Crippen LogP contribution in [0.2, 0.25) is 0 Å². The molecule has 0 saturated heterocycles. The number of ether oxygens (including phenoxy) is 1. The van der Waals surface area contributed by atoms with Crippen molar-refractivity contribution in [2.75, 3.05) is 14.2 Å². The molecule has 2 N–H and O–H groups in total. The smallest absolute Gasteiger partial charge is 0.278 e. The van der Waals surface area contributed by atoms with Crippen LogP contribution < -0.4 is 15.0 Å². The molecule has 1 aliphatic carbocycles. The predicted octanol–water partition coefficient (Wildman–Crippen LogP) is 2.29. The molecule has 4 nitrogen and oxygen atoms in total. The number of methoxy groups -OCH3 is 1. The molecule has 0 spiro atoms. The van der Waals surface area contributed by atoms with Crippen molar-refractivity contribution in [3.05, 3.63) is 65.2 Å². The van der Waals surface area contributed by atoms with Crippen LogP contribution in [0.3, 0.4) is 0 Å². The summed E-state index contributed by atoms with van der Waals surface area (Å²) in [4.78, 5) is 14.0. The number of fused-ring (bicyclic) bond motifs is 1. The Hall–Kier alpha value is -2.33. The molecule has 138 valence electrons. The topological polar surface area (TPSA) is 42.8 Å². The molecule has 0 aliphatic heterocycles. The van der Waals surface area contributed by atoms with E-state index in [0.29, 0.717) is 0 Å². The maximum atomic E-state index is 12.8. The zero-order valence-corrected chi connectivity index (χ0v) is 15.9. The minimum atomic E-state index is -0.105. The maximum absolute atomic E-state index is 12.8. The van der Waals surface area contributed by atoms with Gasteiger partial charge < -0.3 is 15.0 Å². The summed E-state index contributed by atoms with van der Waals surface area (Å²) in [6.07, 6.45) is 3.26. The highest BCUT2D eigenvalue weighted by Gasteiger charge is 2.27. The summed E-state index contributed by atoms with van der Waals surface area (Å²) in [6, 6.07) is 16.6. The van der Waals surface area contributed by atoms with Gasteiger partial charge in [0.25, 0.3) is 5.91 Å². The van der Waals surface area contributed by atoms with Crippen molar-refractivity contribution in [3.63, 3.8) is 0 Å². The first-order valence-corrected chi connectivity index (χ1v) is 9.42. The average Bonchev–Trinajstić information content (AvgIpc) is 2.68. The Morgan fingerprint density at radius 1 is 1.23 bits per heavy atom. The van der Waals surface area contributed by atoms with Crippen molar-refractivity contribution in [1.82, 2.24) is 5.32 Å². The van der Waals surface area contributed by atoms with Gasteiger partial charge in [0.2, 0.25) is 0 Å². The number of hydrogen-bond acceptors (Lipinski definition) is 2. The van der Waals surface area contributed by atoms with E-state index >= 15 is 0 Å². The Balaban J connectivity index is 1.60. The van der Waals surface area contributed by atoms with Gasteiger partial charge in [-0.2, -0.15) is 0 Å². The molecular formula is C22H29N2O2+. The van der Waals surface area contributed by atoms with Crippen LogP contribution >= 0.6 is 0 Å². The molecule has 1 amide bonds. The zero-order chi connectivity index (χ0) is 18.5. The largest absolute Gasteiger partial charge is 0.497 e. The Labute approximate surface area is 156 Å². The Morgan fingerprint density at radius 3 is 2.69 bits per heavy atom. The molecule has 2 aromatic rings. The van der Waals surface area contributed by atoms with Crippen LogP contribution in [-0.4, -0.2) is 26.1 Å². The second kappa shape index (κ2) is 8.37. The monoisotopic (exact) mass is 353 g/mol. The highest BCUT2D eigenvalue weighted by atomic mass is 16.5. The number of benzene rings is 2. The van der Waals surface area contributed by atoms with E-state index in [1.54, 1.807) is 7.11 Å². The quantitative estimate of drug-likeness (QED) is 0.837. The molecule has 0 bridgehead atoms. The Bertz CT molecular complexity index is 742. The number of amides is 1. The Kier molecular flexibility index (Phi) is 5.94. The molecule has 0 fully saturated rings. The van der Waals surface area contributed by atoms with Crippen LogP contribution in [0.25, 0.3) is 0 Å².